The number of rotatable bonds is 4. The van der Waals surface area contributed by atoms with Crippen LogP contribution in [0.25, 0.3) is 0 Å². The molecule has 0 saturated heterocycles. The van der Waals surface area contributed by atoms with Crippen molar-refractivity contribution in [3.05, 3.63) is 40.6 Å². The van der Waals surface area contributed by atoms with Gasteiger partial charge in [0.05, 0.1) is 30.9 Å². The van der Waals surface area contributed by atoms with Crippen LogP contribution in [-0.4, -0.2) is 31.4 Å². The number of hydrogen-bond acceptors (Lipinski definition) is 7. The van der Waals surface area contributed by atoms with Crippen LogP contribution < -0.4 is 5.43 Å². The normalized spacial score (nSPS) is 10.9. The van der Waals surface area contributed by atoms with E-state index in [1.807, 2.05) is 0 Å². The molecule has 0 unspecified atom stereocenters. The first kappa shape index (κ1) is 14.2. The average Bonchev–Trinajstić information content (AvgIpc) is 2.44. The minimum atomic E-state index is -0.251. The number of aromatic hydroxyl groups is 1. The molecule has 0 atom stereocenters. The summed E-state index contributed by atoms with van der Waals surface area (Å²) >= 11 is 5.69. The second kappa shape index (κ2) is 6.27. The van der Waals surface area contributed by atoms with E-state index in [1.165, 1.54) is 24.8 Å². The van der Waals surface area contributed by atoms with E-state index in [0.29, 0.717) is 22.6 Å². The number of anilines is 1. The van der Waals surface area contributed by atoms with Gasteiger partial charge in [0, 0.05) is 17.3 Å². The highest BCUT2D eigenvalue weighted by Crippen LogP contribution is 2.21. The number of hydrogen-bond donors (Lipinski definition) is 3. The number of nitrogens with one attached hydrogen (secondary N) is 1. The standard InChI is InChI=1S/C12H12ClN5O2/c1-7-12(20)9(8(6-19)2-15-7)3-16-18-11-5-14-4-10(13)17-11/h2-5,19-20H,6H2,1H3,(H,17,18)/b16-3+. The molecule has 2 heterocycles. The number of halogens is 1. The van der Waals surface area contributed by atoms with E-state index in [-0.39, 0.29) is 17.5 Å². The number of nitrogens with zero attached hydrogens (tertiary/aromatic N) is 4. The van der Waals surface area contributed by atoms with Crippen LogP contribution >= 0.6 is 11.6 Å². The van der Waals surface area contributed by atoms with Crippen molar-refractivity contribution in [3.8, 4) is 5.75 Å². The van der Waals surface area contributed by atoms with Gasteiger partial charge in [-0.3, -0.25) is 15.4 Å². The number of aromatic nitrogens is 3. The molecule has 2 aromatic rings. The van der Waals surface area contributed by atoms with E-state index < -0.39 is 0 Å². The number of aliphatic hydroxyl groups is 1. The van der Waals surface area contributed by atoms with Crippen LogP contribution in [0.15, 0.2) is 23.7 Å². The lowest BCUT2D eigenvalue weighted by Crippen LogP contribution is -2.00. The van der Waals surface area contributed by atoms with Crippen LogP contribution in [0.3, 0.4) is 0 Å². The van der Waals surface area contributed by atoms with Crippen molar-refractivity contribution in [2.75, 3.05) is 5.43 Å². The Bertz CT molecular complexity index is 648. The molecule has 2 rings (SSSR count). The summed E-state index contributed by atoms with van der Waals surface area (Å²) in [4.78, 5) is 11.7. The largest absolute Gasteiger partial charge is 0.505 e. The molecule has 0 spiro atoms. The summed E-state index contributed by atoms with van der Waals surface area (Å²) in [6.45, 7) is 1.41. The van der Waals surface area contributed by atoms with Gasteiger partial charge < -0.3 is 10.2 Å². The average molecular weight is 294 g/mol. The van der Waals surface area contributed by atoms with E-state index in [9.17, 15) is 10.2 Å². The SMILES string of the molecule is Cc1ncc(CO)c(/C=N/Nc2cncc(Cl)n2)c1O. The van der Waals surface area contributed by atoms with Gasteiger partial charge in [0.2, 0.25) is 0 Å². The van der Waals surface area contributed by atoms with Crippen LogP contribution in [0.5, 0.6) is 5.75 Å². The second-order valence-electron chi connectivity index (χ2n) is 3.89. The molecule has 0 aromatic carbocycles. The number of hydrazone groups is 1. The molecule has 0 radical (unpaired) electrons. The van der Waals surface area contributed by atoms with Gasteiger partial charge >= 0.3 is 0 Å². The van der Waals surface area contributed by atoms with E-state index in [1.54, 1.807) is 6.92 Å². The van der Waals surface area contributed by atoms with Crippen molar-refractivity contribution < 1.29 is 10.2 Å². The van der Waals surface area contributed by atoms with Crippen molar-refractivity contribution in [1.82, 2.24) is 15.0 Å². The third-order valence-electron chi connectivity index (χ3n) is 2.51. The Hall–Kier alpha value is -2.25. The van der Waals surface area contributed by atoms with Crippen LogP contribution in [0, 0.1) is 6.92 Å². The maximum absolute atomic E-state index is 9.91. The molecule has 3 N–H and O–H groups in total. The van der Waals surface area contributed by atoms with Crippen LogP contribution in [0.2, 0.25) is 5.15 Å². The molecular weight excluding hydrogens is 282 g/mol. The molecule has 0 aliphatic rings. The third kappa shape index (κ3) is 3.19. The molecule has 20 heavy (non-hydrogen) atoms. The summed E-state index contributed by atoms with van der Waals surface area (Å²) in [6.07, 6.45) is 5.71. The molecule has 0 saturated carbocycles. The molecule has 0 aliphatic heterocycles. The van der Waals surface area contributed by atoms with Crippen molar-refractivity contribution in [2.24, 2.45) is 5.10 Å². The Morgan fingerprint density at radius 1 is 1.40 bits per heavy atom. The van der Waals surface area contributed by atoms with Crippen LogP contribution in [0.1, 0.15) is 16.8 Å². The first-order valence-electron chi connectivity index (χ1n) is 5.66. The minimum absolute atomic E-state index is 0.0284. The zero-order valence-corrected chi connectivity index (χ0v) is 11.3. The lowest BCUT2D eigenvalue weighted by atomic mass is 10.1. The van der Waals surface area contributed by atoms with Gasteiger partial charge in [-0.25, -0.2) is 4.98 Å². The lowest BCUT2D eigenvalue weighted by molar-refractivity contribution is 0.280. The van der Waals surface area contributed by atoms with Crippen molar-refractivity contribution >= 4 is 23.6 Å². The Labute approximate surface area is 120 Å². The predicted octanol–water partition coefficient (Wildman–Crippen LogP) is 1.48. The first-order valence-corrected chi connectivity index (χ1v) is 6.04. The Morgan fingerprint density at radius 3 is 2.90 bits per heavy atom. The quantitative estimate of drug-likeness (QED) is 0.583. The predicted molar refractivity (Wildman–Crippen MR) is 74.8 cm³/mol. The molecule has 8 heteroatoms. The highest BCUT2D eigenvalue weighted by atomic mass is 35.5. The maximum Gasteiger partial charge on any atom is 0.166 e. The van der Waals surface area contributed by atoms with Crippen molar-refractivity contribution in [3.63, 3.8) is 0 Å². The summed E-state index contributed by atoms with van der Waals surface area (Å²) in [6, 6.07) is 0. The van der Waals surface area contributed by atoms with Gasteiger partial charge in [0.25, 0.3) is 0 Å². The second-order valence-corrected chi connectivity index (χ2v) is 4.27. The number of aryl methyl sites for hydroxylation is 1. The Morgan fingerprint density at radius 2 is 2.20 bits per heavy atom. The number of aliphatic hydroxyl groups excluding tert-OH is 1. The fourth-order valence-corrected chi connectivity index (χ4v) is 1.63. The molecular formula is C12H12ClN5O2. The van der Waals surface area contributed by atoms with Gasteiger partial charge in [-0.1, -0.05) is 11.6 Å². The molecule has 0 aliphatic carbocycles. The highest BCUT2D eigenvalue weighted by molar-refractivity contribution is 6.29. The fourth-order valence-electron chi connectivity index (χ4n) is 1.48. The zero-order valence-electron chi connectivity index (χ0n) is 10.6. The van der Waals surface area contributed by atoms with Gasteiger partial charge in [0.15, 0.2) is 5.82 Å². The summed E-state index contributed by atoms with van der Waals surface area (Å²) < 4.78 is 0. The Balaban J connectivity index is 2.21. The van der Waals surface area contributed by atoms with E-state index in [2.05, 4.69) is 25.5 Å². The summed E-state index contributed by atoms with van der Waals surface area (Å²) in [7, 11) is 0. The maximum atomic E-state index is 9.91. The number of pyridine rings is 1. The lowest BCUT2D eigenvalue weighted by Gasteiger charge is -2.07. The van der Waals surface area contributed by atoms with Gasteiger partial charge in [0.1, 0.15) is 10.9 Å². The zero-order chi connectivity index (χ0) is 14.5. The van der Waals surface area contributed by atoms with Crippen molar-refractivity contribution in [1.29, 1.82) is 0 Å². The molecule has 7 nitrogen and oxygen atoms in total. The molecule has 0 bridgehead atoms. The topological polar surface area (TPSA) is 104 Å². The van der Waals surface area contributed by atoms with Crippen LogP contribution in [0.4, 0.5) is 5.82 Å². The van der Waals surface area contributed by atoms with Crippen LogP contribution in [-0.2, 0) is 6.61 Å². The van der Waals surface area contributed by atoms with E-state index in [0.717, 1.165) is 0 Å². The highest BCUT2D eigenvalue weighted by Gasteiger charge is 2.09. The monoisotopic (exact) mass is 293 g/mol. The molecule has 0 fully saturated rings. The van der Waals surface area contributed by atoms with Gasteiger partial charge in [-0.15, -0.1) is 0 Å². The van der Waals surface area contributed by atoms with Gasteiger partial charge in [-0.05, 0) is 6.92 Å². The fraction of sp³-hybridized carbons (Fsp3) is 0.167. The van der Waals surface area contributed by atoms with E-state index >= 15 is 0 Å². The smallest absolute Gasteiger partial charge is 0.166 e. The summed E-state index contributed by atoms with van der Waals surface area (Å²) in [5.74, 6) is 0.337. The minimum Gasteiger partial charge on any atom is -0.505 e. The third-order valence-corrected chi connectivity index (χ3v) is 2.69. The molecule has 0 amide bonds. The van der Waals surface area contributed by atoms with Gasteiger partial charge in [-0.2, -0.15) is 5.10 Å². The first-order chi connectivity index (χ1) is 9.61. The summed E-state index contributed by atoms with van der Waals surface area (Å²) in [5, 5.41) is 23.3. The van der Waals surface area contributed by atoms with Crippen molar-refractivity contribution in [2.45, 2.75) is 13.5 Å². The van der Waals surface area contributed by atoms with E-state index in [4.69, 9.17) is 11.6 Å². The summed E-state index contributed by atoms with van der Waals surface area (Å²) in [5.41, 5.74) is 3.94. The molecule has 2 aromatic heterocycles. The Kier molecular flexibility index (Phi) is 4.44. The molecule has 104 valence electrons.